The van der Waals surface area contributed by atoms with Crippen LogP contribution in [0.2, 0.25) is 5.02 Å². The van der Waals surface area contributed by atoms with Gasteiger partial charge in [0.15, 0.2) is 0 Å². The second-order valence-corrected chi connectivity index (χ2v) is 10.3. The lowest BCUT2D eigenvalue weighted by molar-refractivity contribution is -0.139. The van der Waals surface area contributed by atoms with Crippen LogP contribution < -0.4 is 5.32 Å². The predicted octanol–water partition coefficient (Wildman–Crippen LogP) is 6.44. The average Bonchev–Trinajstić information content (AvgIpc) is 2.88. The van der Waals surface area contributed by atoms with Gasteiger partial charge in [0.2, 0.25) is 11.8 Å². The molecule has 0 fully saturated rings. The molecule has 0 radical (unpaired) electrons. The maximum Gasteiger partial charge on any atom is 0.243 e. The first-order chi connectivity index (χ1) is 17.5. The van der Waals surface area contributed by atoms with Crippen LogP contribution in [0.15, 0.2) is 78.9 Å². The molecule has 0 aliphatic rings. The van der Waals surface area contributed by atoms with Crippen LogP contribution in [0.3, 0.4) is 0 Å². The number of benzene rings is 3. The molecule has 0 spiro atoms. The molecule has 1 N–H and O–H groups in total. The molecule has 0 saturated heterocycles. The first kappa shape index (κ1) is 27.8. The highest BCUT2D eigenvalue weighted by molar-refractivity contribution is 7.99. The first-order valence-corrected chi connectivity index (χ1v) is 14.0. The van der Waals surface area contributed by atoms with Crippen molar-refractivity contribution in [3.8, 4) is 0 Å². The first-order valence-electron chi connectivity index (χ1n) is 12.5. The van der Waals surface area contributed by atoms with Crippen molar-refractivity contribution in [3.05, 3.63) is 106 Å². The minimum absolute atomic E-state index is 0.0702. The third-order valence-corrected chi connectivity index (χ3v) is 7.33. The van der Waals surface area contributed by atoms with Gasteiger partial charge in [0.05, 0.1) is 5.75 Å². The van der Waals surface area contributed by atoms with E-state index in [1.54, 1.807) is 16.7 Å². The molecule has 2 amide bonds. The molecular weight excluding hydrogens is 488 g/mol. The van der Waals surface area contributed by atoms with Crippen molar-refractivity contribution in [1.29, 1.82) is 0 Å². The van der Waals surface area contributed by atoms with Gasteiger partial charge in [0.25, 0.3) is 0 Å². The highest BCUT2D eigenvalue weighted by Gasteiger charge is 2.30. The normalized spacial score (nSPS) is 11.6. The molecule has 0 saturated carbocycles. The third-order valence-electron chi connectivity index (χ3n) is 5.98. The zero-order valence-corrected chi connectivity index (χ0v) is 22.7. The van der Waals surface area contributed by atoms with E-state index >= 15 is 0 Å². The number of carbonyl (C=O) groups is 2. The Kier molecular flexibility index (Phi) is 11.4. The number of hydrogen-bond acceptors (Lipinski definition) is 3. The molecule has 3 aromatic carbocycles. The molecule has 0 unspecified atom stereocenters. The summed E-state index contributed by atoms with van der Waals surface area (Å²) in [6, 6.07) is 25.1. The highest BCUT2D eigenvalue weighted by Crippen LogP contribution is 2.22. The molecule has 3 aromatic rings. The summed E-state index contributed by atoms with van der Waals surface area (Å²) in [5.74, 6) is 0.821. The van der Waals surface area contributed by atoms with Crippen LogP contribution >= 0.6 is 23.4 Å². The number of nitrogens with zero attached hydrogens (tertiary/aromatic N) is 1. The predicted molar refractivity (Wildman–Crippen MR) is 151 cm³/mol. The van der Waals surface area contributed by atoms with Crippen molar-refractivity contribution in [2.24, 2.45) is 0 Å². The van der Waals surface area contributed by atoms with Gasteiger partial charge in [-0.2, -0.15) is 0 Å². The summed E-state index contributed by atoms with van der Waals surface area (Å²) in [6.45, 7) is 5.03. The van der Waals surface area contributed by atoms with Crippen molar-refractivity contribution < 1.29 is 9.59 Å². The fourth-order valence-electron chi connectivity index (χ4n) is 4.01. The minimum Gasteiger partial charge on any atom is -0.354 e. The maximum absolute atomic E-state index is 13.7. The Hall–Kier alpha value is -2.76. The van der Waals surface area contributed by atoms with Crippen LogP contribution in [0.1, 0.15) is 42.0 Å². The SMILES string of the molecule is CCCCNC(=O)[C@@H](Cc1ccccc1)N(Cc1ccccc1Cl)C(=O)CSCc1cccc(C)c1. The molecular formula is C30H35ClN2O2S. The van der Waals surface area contributed by atoms with Gasteiger partial charge in [-0.3, -0.25) is 9.59 Å². The van der Waals surface area contributed by atoms with Crippen molar-refractivity contribution in [2.45, 2.75) is 51.4 Å². The lowest BCUT2D eigenvalue weighted by Gasteiger charge is -2.32. The number of aryl methyl sites for hydroxylation is 1. The lowest BCUT2D eigenvalue weighted by atomic mass is 10.0. The quantitative estimate of drug-likeness (QED) is 0.263. The van der Waals surface area contributed by atoms with Crippen molar-refractivity contribution >= 4 is 35.2 Å². The van der Waals surface area contributed by atoms with Crippen LogP contribution in [0.25, 0.3) is 0 Å². The number of nitrogens with one attached hydrogen (secondary N) is 1. The lowest BCUT2D eigenvalue weighted by Crippen LogP contribution is -2.51. The minimum atomic E-state index is -0.632. The van der Waals surface area contributed by atoms with Gasteiger partial charge in [0, 0.05) is 30.3 Å². The largest absolute Gasteiger partial charge is 0.354 e. The summed E-state index contributed by atoms with van der Waals surface area (Å²) in [4.78, 5) is 28.8. The van der Waals surface area contributed by atoms with Gasteiger partial charge in [-0.15, -0.1) is 11.8 Å². The molecule has 1 atom stereocenters. The number of amides is 2. The molecule has 3 rings (SSSR count). The van der Waals surface area contributed by atoms with E-state index < -0.39 is 6.04 Å². The number of carbonyl (C=O) groups excluding carboxylic acids is 2. The van der Waals surface area contributed by atoms with Crippen LogP contribution in [0, 0.1) is 6.92 Å². The Morgan fingerprint density at radius 1 is 0.972 bits per heavy atom. The van der Waals surface area contributed by atoms with E-state index in [-0.39, 0.29) is 24.1 Å². The van der Waals surface area contributed by atoms with Crippen LogP contribution in [-0.2, 0) is 28.3 Å². The third kappa shape index (κ3) is 8.72. The van der Waals surface area contributed by atoms with E-state index in [4.69, 9.17) is 11.6 Å². The van der Waals surface area contributed by atoms with Gasteiger partial charge in [-0.05, 0) is 36.1 Å². The zero-order valence-electron chi connectivity index (χ0n) is 21.1. The Bertz CT molecular complexity index is 1120. The summed E-state index contributed by atoms with van der Waals surface area (Å²) in [6.07, 6.45) is 2.33. The molecule has 0 bridgehead atoms. The number of thioether (sulfide) groups is 1. The van der Waals surface area contributed by atoms with E-state index in [0.29, 0.717) is 18.0 Å². The monoisotopic (exact) mass is 522 g/mol. The summed E-state index contributed by atoms with van der Waals surface area (Å²) < 4.78 is 0. The van der Waals surface area contributed by atoms with Crippen molar-refractivity contribution in [1.82, 2.24) is 10.2 Å². The second-order valence-electron chi connectivity index (χ2n) is 8.95. The van der Waals surface area contributed by atoms with Crippen LogP contribution in [0.4, 0.5) is 0 Å². The topological polar surface area (TPSA) is 49.4 Å². The smallest absolute Gasteiger partial charge is 0.243 e. The second kappa shape index (κ2) is 14.7. The Labute approximate surface area is 224 Å². The highest BCUT2D eigenvalue weighted by atomic mass is 35.5. The van der Waals surface area contributed by atoms with E-state index in [2.05, 4.69) is 37.4 Å². The fourth-order valence-corrected chi connectivity index (χ4v) is 5.06. The number of halogens is 1. The Morgan fingerprint density at radius 3 is 2.42 bits per heavy atom. The standard InChI is InChI=1S/C30H35ClN2O2S/c1-3-4-17-32-30(35)28(19-24-12-6-5-7-13-24)33(20-26-15-8-9-16-27(26)31)29(34)22-36-21-25-14-10-11-23(2)18-25/h5-16,18,28H,3-4,17,19-22H2,1-2H3,(H,32,35)/t28-/m1/s1. The van der Waals surface area contributed by atoms with Gasteiger partial charge in [0.1, 0.15) is 6.04 Å². The fraction of sp³-hybridized carbons (Fsp3) is 0.333. The number of unbranched alkanes of at least 4 members (excludes halogenated alkanes) is 1. The van der Waals surface area contributed by atoms with Crippen LogP contribution in [0.5, 0.6) is 0 Å². The molecule has 190 valence electrons. The molecule has 0 heterocycles. The van der Waals surface area contributed by atoms with Gasteiger partial charge >= 0.3 is 0 Å². The summed E-state index contributed by atoms with van der Waals surface area (Å²) in [7, 11) is 0. The van der Waals surface area contributed by atoms with Gasteiger partial charge in [-0.25, -0.2) is 0 Å². The Morgan fingerprint density at radius 2 is 1.69 bits per heavy atom. The molecule has 4 nitrogen and oxygen atoms in total. The summed E-state index contributed by atoms with van der Waals surface area (Å²) in [5.41, 5.74) is 4.23. The zero-order chi connectivity index (χ0) is 25.8. The number of rotatable bonds is 13. The Balaban J connectivity index is 1.84. The molecule has 0 aliphatic heterocycles. The molecule has 6 heteroatoms. The van der Waals surface area contributed by atoms with Crippen LogP contribution in [-0.4, -0.2) is 35.1 Å². The molecule has 36 heavy (non-hydrogen) atoms. The van der Waals surface area contributed by atoms with E-state index in [1.165, 1.54) is 11.1 Å². The van der Waals surface area contributed by atoms with E-state index in [1.807, 2.05) is 60.7 Å². The summed E-state index contributed by atoms with van der Waals surface area (Å²) in [5, 5.41) is 3.65. The molecule has 0 aromatic heterocycles. The molecule has 0 aliphatic carbocycles. The number of hydrogen-bond donors (Lipinski definition) is 1. The van der Waals surface area contributed by atoms with Crippen molar-refractivity contribution in [3.63, 3.8) is 0 Å². The van der Waals surface area contributed by atoms with E-state index in [9.17, 15) is 9.59 Å². The average molecular weight is 523 g/mol. The van der Waals surface area contributed by atoms with Gasteiger partial charge in [-0.1, -0.05) is 103 Å². The maximum atomic E-state index is 13.7. The summed E-state index contributed by atoms with van der Waals surface area (Å²) >= 11 is 8.04. The van der Waals surface area contributed by atoms with Gasteiger partial charge < -0.3 is 10.2 Å². The van der Waals surface area contributed by atoms with Crippen molar-refractivity contribution in [2.75, 3.05) is 12.3 Å². The van der Waals surface area contributed by atoms with E-state index in [0.717, 1.165) is 29.7 Å².